The van der Waals surface area contributed by atoms with E-state index in [4.69, 9.17) is 14.2 Å². The summed E-state index contributed by atoms with van der Waals surface area (Å²) in [4.78, 5) is 0. The van der Waals surface area contributed by atoms with Gasteiger partial charge in [-0.3, -0.25) is 0 Å². The van der Waals surface area contributed by atoms with E-state index in [0.717, 1.165) is 22.3 Å². The Hall–Kier alpha value is -8.90. The molecule has 12 heteroatoms. The number of ether oxygens (including phenoxy) is 3. The highest BCUT2D eigenvalue weighted by Gasteiger charge is 2.43. The molecule has 0 spiro atoms. The molecule has 0 aliphatic carbocycles. The third-order valence-electron chi connectivity index (χ3n) is 13.0. The maximum absolute atomic E-state index is 12.1. The first-order chi connectivity index (χ1) is 32.8. The SMILES string of the molecule is Oc1ccc(C2Oc3ccc(/C=C/c4cc(O)cc5c4C(c4cc(O)cc(O)c4)C(c4ccc(O)cc4)O5)cc3C2c2cc(O)c3c(c2)OC(c2ccc(O)cc2)C3c2cc(O)cc(O)c2)cc1. The van der Waals surface area contributed by atoms with Crippen molar-refractivity contribution in [2.24, 2.45) is 0 Å². The molecule has 8 aromatic rings. The summed E-state index contributed by atoms with van der Waals surface area (Å²) in [6, 6.07) is 41.0. The van der Waals surface area contributed by atoms with E-state index in [-0.39, 0.29) is 51.7 Å². The van der Waals surface area contributed by atoms with Crippen molar-refractivity contribution < 1.29 is 60.2 Å². The molecule has 68 heavy (non-hydrogen) atoms. The Bertz CT molecular complexity index is 3250. The third kappa shape index (κ3) is 7.47. The van der Waals surface area contributed by atoms with Crippen LogP contribution in [0, 0.1) is 0 Å². The van der Waals surface area contributed by atoms with Gasteiger partial charge in [0, 0.05) is 34.9 Å². The second kappa shape index (κ2) is 16.2. The van der Waals surface area contributed by atoms with Crippen molar-refractivity contribution in [3.05, 3.63) is 213 Å². The average Bonchev–Trinajstić information content (AvgIpc) is 4.00. The summed E-state index contributed by atoms with van der Waals surface area (Å²) in [6.45, 7) is 0. The minimum atomic E-state index is -0.719. The maximum Gasteiger partial charge on any atom is 0.135 e. The highest BCUT2D eigenvalue weighted by molar-refractivity contribution is 5.76. The van der Waals surface area contributed by atoms with Crippen molar-refractivity contribution >= 4 is 12.2 Å². The smallest absolute Gasteiger partial charge is 0.135 e. The Morgan fingerprint density at radius 1 is 0.309 bits per heavy atom. The summed E-state index contributed by atoms with van der Waals surface area (Å²) in [5.74, 6) is -0.860. The molecule has 0 bridgehead atoms. The minimum absolute atomic E-state index is 0.0409. The molecular formula is C56H42O12. The molecule has 11 rings (SSSR count). The average molecular weight is 907 g/mol. The van der Waals surface area contributed by atoms with Crippen LogP contribution in [0.25, 0.3) is 12.2 Å². The molecule has 3 aliphatic rings. The molecule has 338 valence electrons. The Morgan fingerprint density at radius 2 is 0.735 bits per heavy atom. The van der Waals surface area contributed by atoms with Crippen LogP contribution >= 0.6 is 0 Å². The van der Waals surface area contributed by atoms with Gasteiger partial charge in [0.2, 0.25) is 0 Å². The van der Waals surface area contributed by atoms with Gasteiger partial charge in [-0.05, 0) is 136 Å². The highest BCUT2D eigenvalue weighted by Crippen LogP contribution is 2.58. The van der Waals surface area contributed by atoms with Crippen LogP contribution in [0.1, 0.15) is 97.3 Å². The van der Waals surface area contributed by atoms with Gasteiger partial charge < -0.3 is 60.2 Å². The van der Waals surface area contributed by atoms with Gasteiger partial charge in [-0.2, -0.15) is 0 Å². The predicted octanol–water partition coefficient (Wildman–Crippen LogP) is 11.0. The molecule has 0 aromatic heterocycles. The summed E-state index contributed by atoms with van der Waals surface area (Å²) >= 11 is 0. The van der Waals surface area contributed by atoms with Crippen LogP contribution in [-0.2, 0) is 0 Å². The van der Waals surface area contributed by atoms with Crippen LogP contribution in [0.2, 0.25) is 0 Å². The van der Waals surface area contributed by atoms with Gasteiger partial charge in [-0.1, -0.05) is 54.6 Å². The first-order valence-corrected chi connectivity index (χ1v) is 21.8. The second-order valence-corrected chi connectivity index (χ2v) is 17.4. The number of fused-ring (bicyclic) bond motifs is 3. The van der Waals surface area contributed by atoms with Crippen molar-refractivity contribution in [2.75, 3.05) is 0 Å². The fourth-order valence-corrected chi connectivity index (χ4v) is 10.1. The lowest BCUT2D eigenvalue weighted by Gasteiger charge is -2.22. The highest BCUT2D eigenvalue weighted by atomic mass is 16.5. The molecule has 12 nitrogen and oxygen atoms in total. The van der Waals surface area contributed by atoms with Crippen LogP contribution in [0.3, 0.4) is 0 Å². The fraction of sp³-hybridized carbons (Fsp3) is 0.107. The molecule has 0 saturated heterocycles. The summed E-state index contributed by atoms with van der Waals surface area (Å²) in [6.07, 6.45) is 1.77. The van der Waals surface area contributed by atoms with Gasteiger partial charge in [0.25, 0.3) is 0 Å². The number of rotatable bonds is 8. The molecule has 9 N–H and O–H groups in total. The van der Waals surface area contributed by atoms with E-state index >= 15 is 0 Å². The first kappa shape index (κ1) is 41.8. The van der Waals surface area contributed by atoms with Crippen LogP contribution < -0.4 is 14.2 Å². The Balaban J connectivity index is 1.01. The van der Waals surface area contributed by atoms with E-state index in [2.05, 4.69) is 0 Å². The van der Waals surface area contributed by atoms with E-state index in [9.17, 15) is 46.0 Å². The summed E-state index contributed by atoms with van der Waals surface area (Å²) in [7, 11) is 0. The van der Waals surface area contributed by atoms with Crippen molar-refractivity contribution in [1.82, 2.24) is 0 Å². The molecule has 3 aliphatic heterocycles. The molecule has 3 heterocycles. The zero-order chi connectivity index (χ0) is 47.0. The lowest BCUT2D eigenvalue weighted by molar-refractivity contribution is 0.218. The Labute approximate surface area is 389 Å². The summed E-state index contributed by atoms with van der Waals surface area (Å²) in [5.41, 5.74) is 7.22. The molecule has 0 fully saturated rings. The second-order valence-electron chi connectivity index (χ2n) is 17.4. The van der Waals surface area contributed by atoms with E-state index in [1.165, 1.54) is 30.3 Å². The monoisotopic (exact) mass is 906 g/mol. The lowest BCUT2D eigenvalue weighted by Crippen LogP contribution is -2.11. The van der Waals surface area contributed by atoms with Crippen molar-refractivity contribution in [3.63, 3.8) is 0 Å². The van der Waals surface area contributed by atoms with Gasteiger partial charge in [0.05, 0.1) is 17.8 Å². The molecule has 8 aromatic carbocycles. The standard InChI is InChI=1S/C56H42O12/c57-36-10-4-29(5-11-36)54-49(35-23-45(65)53-47(24-35)67-56(31-8-14-38(59)15-9-31)52(53)34-21-41(62)26-42(63)22-34)44-17-28(2-16-46(44)66-54)1-3-32-18-43(64)27-48-50(32)51(33-19-39(60)25-40(61)20-33)55(68-48)30-6-12-37(58)13-7-30/h1-27,49,51-52,54-65H/b3-1+. The first-order valence-electron chi connectivity index (χ1n) is 21.8. The minimum Gasteiger partial charge on any atom is -0.508 e. The molecule has 0 amide bonds. The van der Waals surface area contributed by atoms with Gasteiger partial charge in [-0.15, -0.1) is 0 Å². The van der Waals surface area contributed by atoms with Crippen LogP contribution in [0.4, 0.5) is 0 Å². The molecule has 6 atom stereocenters. The van der Waals surface area contributed by atoms with Crippen molar-refractivity contribution in [3.8, 4) is 69.0 Å². The van der Waals surface area contributed by atoms with E-state index in [1.807, 2.05) is 36.4 Å². The number of hydrogen-bond donors (Lipinski definition) is 9. The molecule has 6 unspecified atom stereocenters. The van der Waals surface area contributed by atoms with Crippen LogP contribution in [-0.4, -0.2) is 46.0 Å². The third-order valence-corrected chi connectivity index (χ3v) is 13.0. The largest absolute Gasteiger partial charge is 0.508 e. The zero-order valence-electron chi connectivity index (χ0n) is 35.8. The normalized spacial score (nSPS) is 20.0. The van der Waals surface area contributed by atoms with Crippen molar-refractivity contribution in [1.29, 1.82) is 0 Å². The summed E-state index contributed by atoms with van der Waals surface area (Å²) in [5, 5.41) is 95.8. The molecular weight excluding hydrogens is 865 g/mol. The van der Waals surface area contributed by atoms with E-state index in [0.29, 0.717) is 56.2 Å². The van der Waals surface area contributed by atoms with E-state index in [1.54, 1.807) is 97.1 Å². The zero-order valence-corrected chi connectivity index (χ0v) is 35.8. The number of phenols is 9. The van der Waals surface area contributed by atoms with Gasteiger partial charge in [0.1, 0.15) is 87.3 Å². The molecule has 0 radical (unpaired) electrons. The number of hydrogen-bond acceptors (Lipinski definition) is 12. The maximum atomic E-state index is 12.1. The predicted molar refractivity (Wildman–Crippen MR) is 251 cm³/mol. The van der Waals surface area contributed by atoms with E-state index < -0.39 is 36.1 Å². The number of phenolic OH excluding ortho intramolecular Hbond substituents is 9. The lowest BCUT2D eigenvalue weighted by atomic mass is 9.81. The number of benzene rings is 8. The Morgan fingerprint density at radius 3 is 1.25 bits per heavy atom. The van der Waals surface area contributed by atoms with Gasteiger partial charge in [-0.25, -0.2) is 0 Å². The topological polar surface area (TPSA) is 210 Å². The van der Waals surface area contributed by atoms with Gasteiger partial charge >= 0.3 is 0 Å². The van der Waals surface area contributed by atoms with Crippen molar-refractivity contribution in [2.45, 2.75) is 36.1 Å². The van der Waals surface area contributed by atoms with Crippen LogP contribution in [0.15, 0.2) is 152 Å². The van der Waals surface area contributed by atoms with Gasteiger partial charge in [0.15, 0.2) is 0 Å². The Kier molecular flexibility index (Phi) is 9.96. The molecule has 0 saturated carbocycles. The number of aromatic hydroxyl groups is 9. The van der Waals surface area contributed by atoms with Crippen LogP contribution in [0.5, 0.6) is 69.0 Å². The fourth-order valence-electron chi connectivity index (χ4n) is 10.1. The quantitative estimate of drug-likeness (QED) is 0.0652. The summed E-state index contributed by atoms with van der Waals surface area (Å²) < 4.78 is 19.9.